The van der Waals surface area contributed by atoms with Crippen molar-refractivity contribution < 1.29 is 28.8 Å². The highest BCUT2D eigenvalue weighted by Crippen LogP contribution is 2.42. The number of carbonyl (C=O) groups excluding carboxylic acids is 2. The van der Waals surface area contributed by atoms with E-state index in [1.54, 1.807) is 11.3 Å². The summed E-state index contributed by atoms with van der Waals surface area (Å²) in [6.07, 6.45) is 2.49. The number of thioether (sulfide) groups is 2. The van der Waals surface area contributed by atoms with Crippen LogP contribution >= 0.6 is 46.4 Å². The van der Waals surface area contributed by atoms with Crippen LogP contribution in [-0.4, -0.2) is 102 Å². The molecule has 39 heavy (non-hydrogen) atoms. The van der Waals surface area contributed by atoms with Gasteiger partial charge in [0.05, 0.1) is 20.1 Å². The van der Waals surface area contributed by atoms with Crippen LogP contribution in [0.4, 0.5) is 5.13 Å². The largest absolute Gasteiger partial charge is 0.477 e. The summed E-state index contributed by atoms with van der Waals surface area (Å²) in [6, 6.07) is -0.930. The molecule has 2 atom stereocenters. The van der Waals surface area contributed by atoms with Crippen molar-refractivity contribution in [1.82, 2.24) is 24.6 Å². The Morgan fingerprint density at radius 1 is 1.36 bits per heavy atom. The van der Waals surface area contributed by atoms with E-state index >= 15 is 0 Å². The van der Waals surface area contributed by atoms with Gasteiger partial charge in [-0.25, -0.2) is 9.78 Å². The first-order valence-electron chi connectivity index (χ1n) is 12.0. The number of aliphatic carboxylic acids is 1. The van der Waals surface area contributed by atoms with E-state index in [0.29, 0.717) is 17.1 Å². The van der Waals surface area contributed by atoms with Crippen molar-refractivity contribution in [2.24, 2.45) is 5.16 Å². The zero-order valence-electron chi connectivity index (χ0n) is 21.2. The number of oxime groups is 1. The number of nitrogens with one attached hydrogen (secondary N) is 1. The van der Waals surface area contributed by atoms with Gasteiger partial charge in [0.1, 0.15) is 36.5 Å². The Balaban J connectivity index is 1.24. The number of nitrogen functional groups attached to an aromatic ring is 1. The summed E-state index contributed by atoms with van der Waals surface area (Å²) in [5.74, 6) is -1.62. The number of carboxylic acid groups (broad SMARTS) is 1. The predicted molar refractivity (Wildman–Crippen MR) is 149 cm³/mol. The van der Waals surface area contributed by atoms with Gasteiger partial charge < -0.3 is 25.5 Å². The number of hydrogen-bond acceptors (Lipinski definition) is 13. The first-order chi connectivity index (χ1) is 18.7. The number of nitrogens with zero attached hydrogens (tertiary/aromatic N) is 6. The van der Waals surface area contributed by atoms with Crippen molar-refractivity contribution in [1.29, 1.82) is 0 Å². The fraction of sp³-hybridized carbons (Fsp3) is 0.500. The van der Waals surface area contributed by atoms with E-state index < -0.39 is 29.2 Å². The highest BCUT2D eigenvalue weighted by Gasteiger charge is 2.54. The Hall–Kier alpha value is -2.73. The molecule has 0 radical (unpaired) electrons. The molecule has 0 bridgehead atoms. The average Bonchev–Trinajstić information content (AvgIpc) is 3.65. The lowest BCUT2D eigenvalue weighted by Crippen LogP contribution is -2.71. The van der Waals surface area contributed by atoms with Gasteiger partial charge >= 0.3 is 5.97 Å². The van der Waals surface area contributed by atoms with Crippen LogP contribution in [0.25, 0.3) is 0 Å². The standard InChI is InChI=1S/C22H26N8O5S4/c1-30(5-3-4-6-30)7-12-10-38-22(24-12)37-9-11-8-36-19-14(18(32)29(19)15(11)20(33)34)25-17(31)13(27-35-2)16-26-21(23)39-28-16/h10,14,19H,3-9H2,1-2H3,(H3-,23,25,26,28,31,33,34)/p+1/b27-13-/t14-,19?/m1/s1. The highest BCUT2D eigenvalue weighted by molar-refractivity contribution is 8.01. The maximum absolute atomic E-state index is 13.0. The number of carboxylic acids is 1. The zero-order valence-corrected chi connectivity index (χ0v) is 24.4. The van der Waals surface area contributed by atoms with Crippen LogP contribution < -0.4 is 11.1 Å². The second kappa shape index (κ2) is 11.4. The molecule has 5 heterocycles. The van der Waals surface area contributed by atoms with Crippen molar-refractivity contribution in [3.63, 3.8) is 0 Å². The van der Waals surface area contributed by atoms with Crippen LogP contribution in [0.3, 0.4) is 0 Å². The van der Waals surface area contributed by atoms with E-state index in [1.165, 1.54) is 48.4 Å². The van der Waals surface area contributed by atoms with Crippen LogP contribution in [-0.2, 0) is 25.8 Å². The third kappa shape index (κ3) is 5.77. The molecule has 2 aromatic rings. The lowest BCUT2D eigenvalue weighted by atomic mass is 10.0. The van der Waals surface area contributed by atoms with Gasteiger partial charge in [0, 0.05) is 41.3 Å². The summed E-state index contributed by atoms with van der Waals surface area (Å²) < 4.78 is 5.85. The van der Waals surface area contributed by atoms with Gasteiger partial charge in [-0.05, 0) is 5.57 Å². The summed E-state index contributed by atoms with van der Waals surface area (Å²) in [5, 5.41) is 17.9. The number of amides is 2. The molecule has 0 saturated carbocycles. The van der Waals surface area contributed by atoms with Crippen molar-refractivity contribution in [3.8, 4) is 0 Å². The minimum Gasteiger partial charge on any atom is -0.477 e. The predicted octanol–water partition coefficient (Wildman–Crippen LogP) is 1.20. The number of nitrogens with two attached hydrogens (primary N) is 1. The molecule has 3 aliphatic heterocycles. The number of likely N-dealkylation sites (tertiary alicyclic amines) is 1. The second-order valence-corrected chi connectivity index (χ2v) is 13.5. The normalized spacial score (nSPS) is 22.5. The van der Waals surface area contributed by atoms with Gasteiger partial charge in [-0.3, -0.25) is 14.5 Å². The molecular formula is C22H27N8O5S4+. The van der Waals surface area contributed by atoms with Crippen molar-refractivity contribution in [3.05, 3.63) is 28.2 Å². The molecule has 2 saturated heterocycles. The number of quaternary nitrogens is 1. The number of thiazole rings is 1. The molecule has 0 aromatic carbocycles. The summed E-state index contributed by atoms with van der Waals surface area (Å²) in [5.41, 5.74) is 7.04. The Kier molecular flexibility index (Phi) is 8.14. The minimum absolute atomic E-state index is 0.0242. The lowest BCUT2D eigenvalue weighted by Gasteiger charge is -2.49. The number of rotatable bonds is 10. The van der Waals surface area contributed by atoms with E-state index in [9.17, 15) is 19.5 Å². The van der Waals surface area contributed by atoms with E-state index in [-0.39, 0.29) is 22.4 Å². The Morgan fingerprint density at radius 3 is 2.79 bits per heavy atom. The smallest absolute Gasteiger partial charge is 0.352 e. The number of fused-ring (bicyclic) bond motifs is 1. The Bertz CT molecular complexity index is 1350. The van der Waals surface area contributed by atoms with Gasteiger partial charge in [0.2, 0.25) is 11.5 Å². The number of hydrogen-bond donors (Lipinski definition) is 3. The molecule has 5 rings (SSSR count). The highest BCUT2D eigenvalue weighted by atomic mass is 32.2. The van der Waals surface area contributed by atoms with Crippen molar-refractivity contribution >= 4 is 75.0 Å². The first kappa shape index (κ1) is 27.8. The topological polar surface area (TPSA) is 173 Å². The SMILES string of the molecule is CO/N=C(\C(=O)N[C@@H]1C(=O)N2C(C(=O)O)=C(CSc3nc(C[N+]4(C)CCCC4)cs3)CSC12)c1nsc(N)n1. The number of anilines is 1. The molecule has 4 N–H and O–H groups in total. The third-order valence-electron chi connectivity index (χ3n) is 6.68. The van der Waals surface area contributed by atoms with Gasteiger partial charge in [-0.15, -0.1) is 23.1 Å². The van der Waals surface area contributed by atoms with Crippen LogP contribution in [0.15, 0.2) is 26.1 Å². The molecule has 13 nitrogen and oxygen atoms in total. The quantitative estimate of drug-likeness (QED) is 0.116. The van der Waals surface area contributed by atoms with E-state index in [2.05, 4.69) is 32.3 Å². The number of β-lactam (4-membered cyclic amide) rings is 1. The summed E-state index contributed by atoms with van der Waals surface area (Å²) in [6.45, 7) is 3.22. The molecular weight excluding hydrogens is 585 g/mol. The second-order valence-electron chi connectivity index (χ2n) is 9.52. The lowest BCUT2D eigenvalue weighted by molar-refractivity contribution is -0.911. The maximum atomic E-state index is 13.0. The Labute approximate surface area is 240 Å². The van der Waals surface area contributed by atoms with Gasteiger partial charge in [0.25, 0.3) is 11.8 Å². The monoisotopic (exact) mass is 611 g/mol. The summed E-state index contributed by atoms with van der Waals surface area (Å²) in [7, 11) is 3.52. The summed E-state index contributed by atoms with van der Waals surface area (Å²) >= 11 is 5.33. The van der Waals surface area contributed by atoms with Gasteiger partial charge in [-0.1, -0.05) is 16.9 Å². The molecule has 2 amide bonds. The van der Waals surface area contributed by atoms with Crippen LogP contribution in [0.1, 0.15) is 24.4 Å². The molecule has 0 spiro atoms. The van der Waals surface area contributed by atoms with Crippen molar-refractivity contribution in [2.45, 2.75) is 35.1 Å². The summed E-state index contributed by atoms with van der Waals surface area (Å²) in [4.78, 5) is 52.8. The van der Waals surface area contributed by atoms with Crippen LogP contribution in [0.2, 0.25) is 0 Å². The van der Waals surface area contributed by atoms with E-state index in [0.717, 1.165) is 45.7 Å². The van der Waals surface area contributed by atoms with Crippen LogP contribution in [0, 0.1) is 0 Å². The fourth-order valence-electron chi connectivity index (χ4n) is 4.83. The van der Waals surface area contributed by atoms with E-state index in [1.807, 2.05) is 0 Å². The molecule has 3 aliphatic rings. The fourth-order valence-corrected chi connectivity index (χ4v) is 8.59. The zero-order chi connectivity index (χ0) is 27.7. The molecule has 1 unspecified atom stereocenters. The Morgan fingerprint density at radius 2 is 2.13 bits per heavy atom. The van der Waals surface area contributed by atoms with E-state index in [4.69, 9.17) is 15.6 Å². The molecule has 0 aliphatic carbocycles. The number of aromatic nitrogens is 3. The third-order valence-corrected chi connectivity index (χ3v) is 10.7. The first-order valence-corrected chi connectivity index (χ1v) is 15.7. The minimum atomic E-state index is -1.18. The maximum Gasteiger partial charge on any atom is 0.352 e. The molecule has 208 valence electrons. The molecule has 2 fully saturated rings. The van der Waals surface area contributed by atoms with Crippen LogP contribution in [0.5, 0.6) is 0 Å². The van der Waals surface area contributed by atoms with Crippen molar-refractivity contribution in [2.75, 3.05) is 44.5 Å². The molecule has 17 heteroatoms. The number of carbonyl (C=O) groups is 3. The average molecular weight is 612 g/mol. The molecule has 2 aromatic heterocycles. The van der Waals surface area contributed by atoms with Gasteiger partial charge in [0.15, 0.2) is 9.47 Å². The van der Waals surface area contributed by atoms with Gasteiger partial charge in [-0.2, -0.15) is 9.36 Å².